The average molecular weight is 372 g/mol. The molecule has 3 aromatic rings. The maximum absolute atomic E-state index is 9.53. The lowest BCUT2D eigenvalue weighted by Gasteiger charge is -2.10. The van der Waals surface area contributed by atoms with E-state index in [1.807, 2.05) is 19.2 Å². The lowest BCUT2D eigenvalue weighted by Crippen LogP contribution is -2.08. The molecule has 28 heavy (non-hydrogen) atoms. The Balaban J connectivity index is 1.72. The van der Waals surface area contributed by atoms with Gasteiger partial charge in [0.2, 0.25) is 0 Å². The smallest absolute Gasteiger partial charge is 0.115 e. The lowest BCUT2D eigenvalue weighted by molar-refractivity contribution is 0.475. The Bertz CT molecular complexity index is 865. The maximum Gasteiger partial charge on any atom is 0.115 e. The van der Waals surface area contributed by atoms with Crippen LogP contribution in [0.3, 0.4) is 0 Å². The number of phenolic OH excluding ortho intramolecular Hbond substituents is 1. The van der Waals surface area contributed by atoms with Crippen LogP contribution in [0, 0.1) is 0 Å². The van der Waals surface area contributed by atoms with Gasteiger partial charge in [-0.3, -0.25) is 0 Å². The van der Waals surface area contributed by atoms with Gasteiger partial charge in [0.15, 0.2) is 0 Å². The fourth-order valence-corrected chi connectivity index (χ4v) is 3.33. The van der Waals surface area contributed by atoms with Gasteiger partial charge in [-0.25, -0.2) is 0 Å². The van der Waals surface area contributed by atoms with Crippen LogP contribution in [0.5, 0.6) is 5.75 Å². The molecule has 2 heteroatoms. The highest BCUT2D eigenvalue weighted by atomic mass is 16.3. The topological polar surface area (TPSA) is 32.3 Å². The van der Waals surface area contributed by atoms with Crippen LogP contribution in [0.1, 0.15) is 28.7 Å². The van der Waals surface area contributed by atoms with Crippen LogP contribution in [0.2, 0.25) is 0 Å². The highest BCUT2D eigenvalue weighted by molar-refractivity contribution is 5.68. The van der Waals surface area contributed by atoms with E-state index in [2.05, 4.69) is 66.0 Å². The molecule has 0 aliphatic carbocycles. The molecule has 0 saturated heterocycles. The highest BCUT2D eigenvalue weighted by Gasteiger charge is 2.04. The summed E-state index contributed by atoms with van der Waals surface area (Å²) in [5.74, 6) is 0.309. The molecule has 0 fully saturated rings. The van der Waals surface area contributed by atoms with Crippen molar-refractivity contribution in [3.63, 3.8) is 0 Å². The summed E-state index contributed by atoms with van der Waals surface area (Å²) in [6, 6.07) is 27.0. The minimum absolute atomic E-state index is 0.309. The Labute approximate surface area is 168 Å². The zero-order chi connectivity index (χ0) is 19.6. The second-order valence-electron chi connectivity index (χ2n) is 7.17. The predicted molar refractivity (Wildman–Crippen MR) is 119 cm³/mol. The van der Waals surface area contributed by atoms with Gasteiger partial charge in [0.1, 0.15) is 5.75 Å². The fourth-order valence-electron chi connectivity index (χ4n) is 3.33. The molecule has 144 valence electrons. The first-order valence-electron chi connectivity index (χ1n) is 9.99. The van der Waals surface area contributed by atoms with Gasteiger partial charge in [-0.2, -0.15) is 0 Å². The number of phenols is 1. The van der Waals surface area contributed by atoms with Gasteiger partial charge in [0, 0.05) is 0 Å². The number of allylic oxidation sites excluding steroid dienone is 2. The van der Waals surface area contributed by atoms with Crippen LogP contribution < -0.4 is 5.32 Å². The van der Waals surface area contributed by atoms with E-state index in [1.54, 1.807) is 12.1 Å². The van der Waals surface area contributed by atoms with Gasteiger partial charge < -0.3 is 10.4 Å². The molecular formula is C26H29NO. The van der Waals surface area contributed by atoms with Crippen molar-refractivity contribution in [3.05, 3.63) is 107 Å². The molecule has 0 spiro atoms. The SMILES string of the molecule is CNCCCc1ccc(CC=C(Cc2ccc(O)cc2)c2ccccc2)cc1. The number of rotatable bonds is 9. The Hall–Kier alpha value is -2.84. The molecule has 0 aromatic heterocycles. The summed E-state index contributed by atoms with van der Waals surface area (Å²) in [6.45, 7) is 1.06. The molecule has 2 nitrogen and oxygen atoms in total. The Kier molecular flexibility index (Phi) is 7.45. The van der Waals surface area contributed by atoms with Crippen LogP contribution in [-0.4, -0.2) is 18.7 Å². The maximum atomic E-state index is 9.53. The van der Waals surface area contributed by atoms with E-state index in [0.717, 1.165) is 25.8 Å². The van der Waals surface area contributed by atoms with E-state index in [1.165, 1.54) is 34.2 Å². The minimum atomic E-state index is 0.309. The van der Waals surface area contributed by atoms with Crippen LogP contribution in [-0.2, 0) is 19.3 Å². The van der Waals surface area contributed by atoms with Crippen molar-refractivity contribution < 1.29 is 5.11 Å². The first-order chi connectivity index (χ1) is 13.7. The van der Waals surface area contributed by atoms with Crippen LogP contribution in [0.4, 0.5) is 0 Å². The summed E-state index contributed by atoms with van der Waals surface area (Å²) in [4.78, 5) is 0. The minimum Gasteiger partial charge on any atom is -0.508 e. The van der Waals surface area contributed by atoms with E-state index in [-0.39, 0.29) is 0 Å². The van der Waals surface area contributed by atoms with Crippen LogP contribution in [0.15, 0.2) is 84.9 Å². The number of hydrogen-bond donors (Lipinski definition) is 2. The summed E-state index contributed by atoms with van der Waals surface area (Å²) in [6.07, 6.45) is 6.39. The van der Waals surface area contributed by atoms with Crippen LogP contribution >= 0.6 is 0 Å². The quantitative estimate of drug-likeness (QED) is 0.493. The molecule has 2 N–H and O–H groups in total. The Morgan fingerprint density at radius 3 is 2.14 bits per heavy atom. The van der Waals surface area contributed by atoms with Crippen molar-refractivity contribution in [1.82, 2.24) is 5.32 Å². The molecule has 0 atom stereocenters. The fraction of sp³-hybridized carbons (Fsp3) is 0.231. The van der Waals surface area contributed by atoms with E-state index < -0.39 is 0 Å². The molecule has 0 saturated carbocycles. The molecule has 3 rings (SSSR count). The van der Waals surface area contributed by atoms with E-state index in [0.29, 0.717) is 5.75 Å². The number of aryl methyl sites for hydroxylation is 1. The molecule has 3 aromatic carbocycles. The second-order valence-corrected chi connectivity index (χ2v) is 7.17. The number of aromatic hydroxyl groups is 1. The molecular weight excluding hydrogens is 342 g/mol. The standard InChI is InChI=1S/C26H29NO/c1-27-19-5-6-21-9-11-22(12-10-21)13-16-25(24-7-3-2-4-8-24)20-23-14-17-26(28)18-15-23/h2-4,7-12,14-18,27-28H,5-6,13,19-20H2,1H3. The van der Waals surface area contributed by atoms with Crippen molar-refractivity contribution in [2.24, 2.45) is 0 Å². The lowest BCUT2D eigenvalue weighted by atomic mass is 9.96. The van der Waals surface area contributed by atoms with Gasteiger partial charge in [0.25, 0.3) is 0 Å². The summed E-state index contributed by atoms with van der Waals surface area (Å²) >= 11 is 0. The Morgan fingerprint density at radius 2 is 1.46 bits per heavy atom. The molecule has 0 aliphatic rings. The van der Waals surface area contributed by atoms with E-state index in [9.17, 15) is 5.11 Å². The van der Waals surface area contributed by atoms with Crippen molar-refractivity contribution in [2.45, 2.75) is 25.7 Å². The molecule has 0 radical (unpaired) electrons. The first-order valence-corrected chi connectivity index (χ1v) is 9.99. The third-order valence-electron chi connectivity index (χ3n) is 4.97. The van der Waals surface area contributed by atoms with Gasteiger partial charge in [-0.1, -0.05) is 72.8 Å². The molecule has 0 amide bonds. The zero-order valence-corrected chi connectivity index (χ0v) is 16.6. The largest absolute Gasteiger partial charge is 0.508 e. The third-order valence-corrected chi connectivity index (χ3v) is 4.97. The van der Waals surface area contributed by atoms with Crippen molar-refractivity contribution in [3.8, 4) is 5.75 Å². The molecule has 0 aliphatic heterocycles. The molecule has 0 heterocycles. The van der Waals surface area contributed by atoms with Gasteiger partial charge in [-0.05, 0) is 79.2 Å². The highest BCUT2D eigenvalue weighted by Crippen LogP contribution is 2.22. The first kappa shape index (κ1) is 19.9. The monoisotopic (exact) mass is 371 g/mol. The third kappa shape index (κ3) is 6.11. The van der Waals surface area contributed by atoms with Gasteiger partial charge in [0.05, 0.1) is 0 Å². The zero-order valence-electron chi connectivity index (χ0n) is 16.6. The summed E-state index contributed by atoms with van der Waals surface area (Å²) < 4.78 is 0. The second kappa shape index (κ2) is 10.5. The summed E-state index contributed by atoms with van der Waals surface area (Å²) in [5, 5.41) is 12.7. The number of nitrogens with one attached hydrogen (secondary N) is 1. The van der Waals surface area contributed by atoms with Crippen molar-refractivity contribution in [1.29, 1.82) is 0 Å². The van der Waals surface area contributed by atoms with Gasteiger partial charge in [-0.15, -0.1) is 0 Å². The van der Waals surface area contributed by atoms with Crippen molar-refractivity contribution >= 4 is 5.57 Å². The Morgan fingerprint density at radius 1 is 0.821 bits per heavy atom. The predicted octanol–water partition coefficient (Wildman–Crippen LogP) is 5.41. The van der Waals surface area contributed by atoms with E-state index in [4.69, 9.17) is 0 Å². The molecule has 0 unspecified atom stereocenters. The summed E-state index contributed by atoms with van der Waals surface area (Å²) in [5.41, 5.74) is 6.49. The van der Waals surface area contributed by atoms with Gasteiger partial charge >= 0.3 is 0 Å². The number of benzene rings is 3. The molecule has 0 bridgehead atoms. The van der Waals surface area contributed by atoms with E-state index >= 15 is 0 Å². The van der Waals surface area contributed by atoms with Crippen molar-refractivity contribution in [2.75, 3.05) is 13.6 Å². The number of hydrogen-bond acceptors (Lipinski definition) is 2. The normalized spacial score (nSPS) is 11.5. The summed E-state index contributed by atoms with van der Waals surface area (Å²) in [7, 11) is 2.00. The average Bonchev–Trinajstić information content (AvgIpc) is 2.74. The van der Waals surface area contributed by atoms with Crippen LogP contribution in [0.25, 0.3) is 5.57 Å².